The van der Waals surface area contributed by atoms with Gasteiger partial charge in [0.25, 0.3) is 0 Å². The normalized spacial score (nSPS) is 9.91. The lowest BCUT2D eigenvalue weighted by Crippen LogP contribution is -2.10. The van der Waals surface area contributed by atoms with Crippen LogP contribution in [0.1, 0.15) is 16.7 Å². The fourth-order valence-corrected chi connectivity index (χ4v) is 2.17. The van der Waals surface area contributed by atoms with Crippen molar-refractivity contribution in [3.63, 3.8) is 0 Å². The molecule has 0 aliphatic carbocycles. The van der Waals surface area contributed by atoms with Crippen molar-refractivity contribution in [1.82, 2.24) is 0 Å². The maximum Gasteiger partial charge on any atom is 0.140 e. The highest BCUT2D eigenvalue weighted by molar-refractivity contribution is 5.47. The molecule has 0 saturated carbocycles. The molecule has 0 amide bonds. The Balaban J connectivity index is 1.92. The number of nitriles is 1. The Morgan fingerprint density at radius 3 is 2.23 bits per heavy atom. The van der Waals surface area contributed by atoms with E-state index in [1.165, 1.54) is 0 Å². The first-order valence-electron chi connectivity index (χ1n) is 7.04. The molecule has 0 fully saturated rings. The highest BCUT2D eigenvalue weighted by Gasteiger charge is 2.05. The Morgan fingerprint density at radius 1 is 0.909 bits per heavy atom. The summed E-state index contributed by atoms with van der Waals surface area (Å²) in [5.74, 6) is 1.99. The van der Waals surface area contributed by atoms with Gasteiger partial charge in [-0.2, -0.15) is 5.26 Å². The van der Waals surface area contributed by atoms with Crippen molar-refractivity contribution in [2.24, 2.45) is 0 Å². The van der Waals surface area contributed by atoms with Crippen LogP contribution in [0.15, 0.2) is 36.4 Å². The molecular weight excluding hydrogens is 278 g/mol. The summed E-state index contributed by atoms with van der Waals surface area (Å²) in [5.41, 5.74) is 2.80. The first kappa shape index (κ1) is 15.7. The molecule has 0 aliphatic heterocycles. The van der Waals surface area contributed by atoms with Crippen LogP contribution in [0.4, 0.5) is 0 Å². The predicted molar refractivity (Wildman–Crippen MR) is 84.6 cm³/mol. The van der Waals surface area contributed by atoms with E-state index in [1.54, 1.807) is 25.3 Å². The first-order valence-corrected chi connectivity index (χ1v) is 7.04. The smallest absolute Gasteiger partial charge is 0.140 e. The van der Waals surface area contributed by atoms with Crippen molar-refractivity contribution in [1.29, 1.82) is 5.26 Å². The highest BCUT2D eigenvalue weighted by Crippen LogP contribution is 2.24. The average Bonchev–Trinajstić information content (AvgIpc) is 2.50. The number of ether oxygens (including phenoxy) is 3. The van der Waals surface area contributed by atoms with E-state index in [4.69, 9.17) is 19.5 Å². The van der Waals surface area contributed by atoms with Crippen LogP contribution >= 0.6 is 0 Å². The standard InChI is InChI=1S/C18H19NO3/c1-13-8-14(2)10-17(9-13)21-6-7-22-18-11-16(20-3)5-4-15(18)12-19/h4-5,8-11H,6-7H2,1-3H3. The zero-order valence-electron chi connectivity index (χ0n) is 13.1. The molecule has 0 spiro atoms. The molecule has 114 valence electrons. The van der Waals surface area contributed by atoms with Crippen LogP contribution in [0.2, 0.25) is 0 Å². The Hall–Kier alpha value is -2.67. The largest absolute Gasteiger partial charge is 0.497 e. The van der Waals surface area contributed by atoms with Crippen LogP contribution in [0.3, 0.4) is 0 Å². The van der Waals surface area contributed by atoms with Crippen LogP contribution in [-0.4, -0.2) is 20.3 Å². The summed E-state index contributed by atoms with van der Waals surface area (Å²) < 4.78 is 16.4. The van der Waals surface area contributed by atoms with E-state index in [-0.39, 0.29) is 0 Å². The van der Waals surface area contributed by atoms with Gasteiger partial charge in [0.05, 0.1) is 12.7 Å². The Morgan fingerprint density at radius 2 is 1.59 bits per heavy atom. The van der Waals surface area contributed by atoms with Crippen molar-refractivity contribution >= 4 is 0 Å². The molecule has 0 heterocycles. The van der Waals surface area contributed by atoms with Gasteiger partial charge in [-0.1, -0.05) is 6.07 Å². The minimum atomic E-state index is 0.356. The summed E-state index contributed by atoms with van der Waals surface area (Å²) in [6.07, 6.45) is 0. The van der Waals surface area contributed by atoms with Crippen LogP contribution in [0, 0.1) is 25.2 Å². The molecule has 4 heteroatoms. The SMILES string of the molecule is COc1ccc(C#N)c(OCCOc2cc(C)cc(C)c2)c1. The Labute approximate surface area is 130 Å². The molecule has 0 radical (unpaired) electrons. The molecule has 0 unspecified atom stereocenters. The fourth-order valence-electron chi connectivity index (χ4n) is 2.17. The van der Waals surface area contributed by atoms with Crippen LogP contribution in [-0.2, 0) is 0 Å². The molecule has 0 atom stereocenters. The maximum absolute atomic E-state index is 9.08. The zero-order chi connectivity index (χ0) is 15.9. The molecule has 2 aromatic carbocycles. The fraction of sp³-hybridized carbons (Fsp3) is 0.278. The molecule has 0 aliphatic rings. The first-order chi connectivity index (χ1) is 10.6. The number of hydrogen-bond acceptors (Lipinski definition) is 4. The molecular formula is C18H19NO3. The second-order valence-electron chi connectivity index (χ2n) is 4.99. The lowest BCUT2D eigenvalue weighted by atomic mass is 10.1. The van der Waals surface area contributed by atoms with Crippen molar-refractivity contribution in [3.8, 4) is 23.3 Å². The van der Waals surface area contributed by atoms with Gasteiger partial charge in [-0.25, -0.2) is 0 Å². The minimum absolute atomic E-state index is 0.356. The van der Waals surface area contributed by atoms with E-state index < -0.39 is 0 Å². The number of aryl methyl sites for hydroxylation is 2. The summed E-state index contributed by atoms with van der Waals surface area (Å²) in [7, 11) is 1.58. The molecule has 2 aromatic rings. The molecule has 0 bridgehead atoms. The second kappa shape index (κ2) is 7.37. The maximum atomic E-state index is 9.08. The molecule has 0 N–H and O–H groups in total. The van der Waals surface area contributed by atoms with E-state index in [1.807, 2.05) is 26.0 Å². The number of benzene rings is 2. The van der Waals surface area contributed by atoms with Gasteiger partial charge in [-0.3, -0.25) is 0 Å². The van der Waals surface area contributed by atoms with Gasteiger partial charge < -0.3 is 14.2 Å². The predicted octanol–water partition coefficient (Wildman–Crippen LogP) is 3.64. The Bertz CT molecular complexity index is 669. The highest BCUT2D eigenvalue weighted by atomic mass is 16.5. The third kappa shape index (κ3) is 4.16. The Kier molecular flexibility index (Phi) is 5.26. The quantitative estimate of drug-likeness (QED) is 0.764. The van der Waals surface area contributed by atoms with Gasteiger partial charge in [-0.05, 0) is 49.2 Å². The summed E-state index contributed by atoms with van der Waals surface area (Å²) >= 11 is 0. The van der Waals surface area contributed by atoms with Gasteiger partial charge in [0.15, 0.2) is 0 Å². The van der Waals surface area contributed by atoms with E-state index in [0.29, 0.717) is 30.3 Å². The summed E-state index contributed by atoms with van der Waals surface area (Å²) in [4.78, 5) is 0. The van der Waals surface area contributed by atoms with E-state index in [2.05, 4.69) is 12.1 Å². The third-order valence-electron chi connectivity index (χ3n) is 3.11. The zero-order valence-corrected chi connectivity index (χ0v) is 13.1. The molecule has 22 heavy (non-hydrogen) atoms. The lowest BCUT2D eigenvalue weighted by Gasteiger charge is -2.11. The number of methoxy groups -OCH3 is 1. The lowest BCUT2D eigenvalue weighted by molar-refractivity contribution is 0.216. The summed E-state index contributed by atoms with van der Waals surface area (Å²) in [6.45, 7) is 4.83. The monoisotopic (exact) mass is 297 g/mol. The molecule has 0 aromatic heterocycles. The van der Waals surface area contributed by atoms with Gasteiger partial charge in [0.2, 0.25) is 0 Å². The number of rotatable bonds is 6. The topological polar surface area (TPSA) is 51.5 Å². The van der Waals surface area contributed by atoms with Crippen LogP contribution in [0.25, 0.3) is 0 Å². The second-order valence-corrected chi connectivity index (χ2v) is 4.99. The minimum Gasteiger partial charge on any atom is -0.497 e. The summed E-state index contributed by atoms with van der Waals surface area (Å²) in [6, 6.07) is 13.3. The average molecular weight is 297 g/mol. The van der Waals surface area contributed by atoms with E-state index in [0.717, 1.165) is 16.9 Å². The van der Waals surface area contributed by atoms with Gasteiger partial charge >= 0.3 is 0 Å². The summed E-state index contributed by atoms with van der Waals surface area (Å²) in [5, 5.41) is 9.08. The van der Waals surface area contributed by atoms with Crippen molar-refractivity contribution in [3.05, 3.63) is 53.1 Å². The van der Waals surface area contributed by atoms with Gasteiger partial charge in [-0.15, -0.1) is 0 Å². The third-order valence-corrected chi connectivity index (χ3v) is 3.11. The van der Waals surface area contributed by atoms with Crippen LogP contribution in [0.5, 0.6) is 17.2 Å². The van der Waals surface area contributed by atoms with Gasteiger partial charge in [0.1, 0.15) is 36.5 Å². The molecule has 0 saturated heterocycles. The van der Waals surface area contributed by atoms with Crippen molar-refractivity contribution in [2.45, 2.75) is 13.8 Å². The van der Waals surface area contributed by atoms with E-state index in [9.17, 15) is 0 Å². The van der Waals surface area contributed by atoms with Gasteiger partial charge in [0, 0.05) is 6.07 Å². The number of nitrogens with zero attached hydrogens (tertiary/aromatic N) is 1. The number of hydrogen-bond donors (Lipinski definition) is 0. The van der Waals surface area contributed by atoms with E-state index >= 15 is 0 Å². The molecule has 4 nitrogen and oxygen atoms in total. The van der Waals surface area contributed by atoms with Crippen molar-refractivity contribution < 1.29 is 14.2 Å². The molecule has 2 rings (SSSR count). The van der Waals surface area contributed by atoms with Crippen LogP contribution < -0.4 is 14.2 Å². The van der Waals surface area contributed by atoms with Crippen molar-refractivity contribution in [2.75, 3.05) is 20.3 Å².